The van der Waals surface area contributed by atoms with Crippen molar-refractivity contribution in [1.29, 1.82) is 0 Å². The van der Waals surface area contributed by atoms with Gasteiger partial charge in [-0.2, -0.15) is 0 Å². The molecule has 1 aromatic heterocycles. The van der Waals surface area contributed by atoms with Crippen LogP contribution in [0.15, 0.2) is 6.20 Å². The first-order chi connectivity index (χ1) is 12.6. The number of imidazole rings is 1. The highest BCUT2D eigenvalue weighted by atomic mass is 16.5. The van der Waals surface area contributed by atoms with E-state index in [0.717, 1.165) is 64.5 Å². The van der Waals surface area contributed by atoms with Crippen LogP contribution in [-0.4, -0.2) is 83.1 Å². The van der Waals surface area contributed by atoms with Gasteiger partial charge in [-0.25, -0.2) is 4.98 Å². The lowest BCUT2D eigenvalue weighted by molar-refractivity contribution is -0.142. The van der Waals surface area contributed by atoms with Gasteiger partial charge in [-0.3, -0.25) is 9.69 Å². The Kier molecular flexibility index (Phi) is 5.29. The van der Waals surface area contributed by atoms with Gasteiger partial charge in [0, 0.05) is 71.1 Å². The molecule has 0 bridgehead atoms. The van der Waals surface area contributed by atoms with E-state index in [-0.39, 0.29) is 17.9 Å². The largest absolute Gasteiger partial charge is 0.381 e. The van der Waals surface area contributed by atoms with Crippen LogP contribution < -0.4 is 0 Å². The fourth-order valence-electron chi connectivity index (χ4n) is 4.40. The molecule has 4 rings (SSSR count). The lowest BCUT2D eigenvalue weighted by atomic mass is 9.97. The molecule has 1 amide bonds. The van der Waals surface area contributed by atoms with Crippen molar-refractivity contribution in [3.05, 3.63) is 17.7 Å². The third-order valence-electron chi connectivity index (χ3n) is 6.21. The second-order valence-electron chi connectivity index (χ2n) is 7.93. The molecular weight excluding hydrogens is 330 g/mol. The Bertz CT molecular complexity index is 632. The molecule has 3 aliphatic rings. The highest BCUT2D eigenvalue weighted by Crippen LogP contribution is 2.29. The van der Waals surface area contributed by atoms with Crippen molar-refractivity contribution in [2.24, 2.45) is 5.92 Å². The van der Waals surface area contributed by atoms with E-state index in [4.69, 9.17) is 9.72 Å². The lowest BCUT2D eigenvalue weighted by Crippen LogP contribution is -2.46. The third kappa shape index (κ3) is 3.52. The molecule has 7 nitrogen and oxygen atoms in total. The number of carbonyl (C=O) groups excluding carboxylic acids is 1. The Morgan fingerprint density at radius 2 is 1.88 bits per heavy atom. The number of hydrogen-bond donors (Lipinski definition) is 0. The predicted octanol–water partition coefficient (Wildman–Crippen LogP) is 0.960. The molecule has 144 valence electrons. The van der Waals surface area contributed by atoms with Gasteiger partial charge in [0.15, 0.2) is 0 Å². The molecule has 7 heteroatoms. The fourth-order valence-corrected chi connectivity index (χ4v) is 4.40. The molecule has 2 saturated heterocycles. The van der Waals surface area contributed by atoms with Crippen LogP contribution in [-0.2, 0) is 22.6 Å². The maximum absolute atomic E-state index is 12.9. The number of likely N-dealkylation sites (N-methyl/N-ethyl adjacent to an activating group) is 1. The molecule has 0 spiro atoms. The van der Waals surface area contributed by atoms with E-state index in [1.54, 1.807) is 0 Å². The van der Waals surface area contributed by atoms with Crippen LogP contribution in [0.1, 0.15) is 37.3 Å². The van der Waals surface area contributed by atoms with Gasteiger partial charge in [0.1, 0.15) is 5.82 Å². The number of nitrogens with zero attached hydrogens (tertiary/aromatic N) is 5. The number of aromatic nitrogens is 2. The molecule has 0 saturated carbocycles. The van der Waals surface area contributed by atoms with Gasteiger partial charge in [-0.1, -0.05) is 0 Å². The van der Waals surface area contributed by atoms with Gasteiger partial charge in [0.25, 0.3) is 0 Å². The molecule has 0 radical (unpaired) electrons. The summed E-state index contributed by atoms with van der Waals surface area (Å²) in [6, 6.07) is 0.0559. The van der Waals surface area contributed by atoms with Crippen molar-refractivity contribution in [2.45, 2.75) is 38.9 Å². The minimum atomic E-state index is 0.0559. The summed E-state index contributed by atoms with van der Waals surface area (Å²) in [5.41, 5.74) is 1.29. The Morgan fingerprint density at radius 1 is 1.15 bits per heavy atom. The number of fused-ring (bicyclic) bond motifs is 1. The maximum Gasteiger partial charge on any atom is 0.226 e. The minimum absolute atomic E-state index is 0.0559. The van der Waals surface area contributed by atoms with Crippen LogP contribution in [0.5, 0.6) is 0 Å². The monoisotopic (exact) mass is 361 g/mol. The summed E-state index contributed by atoms with van der Waals surface area (Å²) in [7, 11) is 2.18. The van der Waals surface area contributed by atoms with Crippen molar-refractivity contribution < 1.29 is 9.53 Å². The fraction of sp³-hybridized carbons (Fsp3) is 0.789. The highest BCUT2D eigenvalue weighted by Gasteiger charge is 2.34. The normalized spacial score (nSPS) is 26.1. The highest BCUT2D eigenvalue weighted by molar-refractivity contribution is 5.79. The van der Waals surface area contributed by atoms with Gasteiger partial charge in [0.05, 0.1) is 11.7 Å². The van der Waals surface area contributed by atoms with Gasteiger partial charge < -0.3 is 19.1 Å². The van der Waals surface area contributed by atoms with Gasteiger partial charge >= 0.3 is 0 Å². The first kappa shape index (κ1) is 17.9. The molecule has 0 N–H and O–H groups in total. The number of rotatable bonds is 3. The second kappa shape index (κ2) is 7.66. The second-order valence-corrected chi connectivity index (χ2v) is 7.93. The molecule has 2 fully saturated rings. The van der Waals surface area contributed by atoms with Crippen LogP contribution in [0.2, 0.25) is 0 Å². The van der Waals surface area contributed by atoms with E-state index in [2.05, 4.69) is 28.3 Å². The number of carbonyl (C=O) groups is 1. The minimum Gasteiger partial charge on any atom is -0.381 e. The molecule has 3 aliphatic heterocycles. The Morgan fingerprint density at radius 3 is 2.62 bits per heavy atom. The van der Waals surface area contributed by atoms with E-state index in [1.807, 2.05) is 11.1 Å². The molecule has 4 heterocycles. The van der Waals surface area contributed by atoms with E-state index in [9.17, 15) is 4.79 Å². The summed E-state index contributed by atoms with van der Waals surface area (Å²) < 4.78 is 7.75. The van der Waals surface area contributed by atoms with Crippen LogP contribution in [0.4, 0.5) is 0 Å². The SMILES string of the molecule is C[C@H]1c2ncc(CN3CCN(C)CC3)n2CCN1C(=O)C1CCOCC1. The molecule has 0 aliphatic carbocycles. The Balaban J connectivity index is 1.43. The standard InChI is InChI=1S/C19H31N5O2/c1-15-18-20-13-17(14-22-7-5-21(2)6-8-22)24(18)10-9-23(15)19(25)16-3-11-26-12-4-16/h13,15-16H,3-12,14H2,1-2H3/t15-/m0/s1. The first-order valence-corrected chi connectivity index (χ1v) is 9.97. The Labute approximate surface area is 155 Å². The van der Waals surface area contributed by atoms with Crippen molar-refractivity contribution in [2.75, 3.05) is 53.0 Å². The zero-order valence-corrected chi connectivity index (χ0v) is 16.1. The summed E-state index contributed by atoms with van der Waals surface area (Å²) in [5.74, 6) is 1.45. The van der Waals surface area contributed by atoms with Crippen molar-refractivity contribution in [1.82, 2.24) is 24.3 Å². The molecular formula is C19H31N5O2. The topological polar surface area (TPSA) is 53.8 Å². The summed E-state index contributed by atoms with van der Waals surface area (Å²) in [5, 5.41) is 0. The third-order valence-corrected chi connectivity index (χ3v) is 6.21. The van der Waals surface area contributed by atoms with E-state index >= 15 is 0 Å². The zero-order valence-electron chi connectivity index (χ0n) is 16.1. The quantitative estimate of drug-likeness (QED) is 0.803. The van der Waals surface area contributed by atoms with Crippen molar-refractivity contribution in [3.63, 3.8) is 0 Å². The molecule has 26 heavy (non-hydrogen) atoms. The summed E-state index contributed by atoms with van der Waals surface area (Å²) in [4.78, 5) is 24.6. The van der Waals surface area contributed by atoms with Gasteiger partial charge in [0.2, 0.25) is 5.91 Å². The number of piperazine rings is 1. The number of amides is 1. The summed E-state index contributed by atoms with van der Waals surface area (Å²) >= 11 is 0. The molecule has 0 aromatic carbocycles. The van der Waals surface area contributed by atoms with Crippen LogP contribution in [0.25, 0.3) is 0 Å². The summed E-state index contributed by atoms with van der Waals surface area (Å²) in [6.45, 7) is 10.6. The average molecular weight is 361 g/mol. The lowest BCUT2D eigenvalue weighted by Gasteiger charge is -2.38. The zero-order chi connectivity index (χ0) is 18.1. The molecule has 1 atom stereocenters. The smallest absolute Gasteiger partial charge is 0.226 e. The van der Waals surface area contributed by atoms with Crippen molar-refractivity contribution in [3.8, 4) is 0 Å². The van der Waals surface area contributed by atoms with E-state index < -0.39 is 0 Å². The summed E-state index contributed by atoms with van der Waals surface area (Å²) in [6.07, 6.45) is 3.73. The Hall–Kier alpha value is -1.44. The van der Waals surface area contributed by atoms with E-state index in [1.165, 1.54) is 5.69 Å². The van der Waals surface area contributed by atoms with Gasteiger partial charge in [-0.15, -0.1) is 0 Å². The van der Waals surface area contributed by atoms with E-state index in [0.29, 0.717) is 13.2 Å². The van der Waals surface area contributed by atoms with Crippen LogP contribution in [0, 0.1) is 5.92 Å². The maximum atomic E-state index is 12.9. The number of hydrogen-bond acceptors (Lipinski definition) is 5. The predicted molar refractivity (Wildman–Crippen MR) is 98.7 cm³/mol. The van der Waals surface area contributed by atoms with Crippen molar-refractivity contribution >= 4 is 5.91 Å². The first-order valence-electron chi connectivity index (χ1n) is 9.97. The molecule has 1 aromatic rings. The number of ether oxygens (including phenoxy) is 1. The average Bonchev–Trinajstić information content (AvgIpc) is 3.08. The van der Waals surface area contributed by atoms with Gasteiger partial charge in [-0.05, 0) is 26.8 Å². The van der Waals surface area contributed by atoms with Crippen LogP contribution >= 0.6 is 0 Å². The molecule has 0 unspecified atom stereocenters. The van der Waals surface area contributed by atoms with Crippen LogP contribution in [0.3, 0.4) is 0 Å².